The molecule has 1 heterocycles. The first-order valence-electron chi connectivity index (χ1n) is 8.99. The van der Waals surface area contributed by atoms with Gasteiger partial charge >= 0.3 is 0 Å². The van der Waals surface area contributed by atoms with Crippen molar-refractivity contribution < 1.29 is 4.74 Å². The van der Waals surface area contributed by atoms with E-state index in [9.17, 15) is 0 Å². The second-order valence-electron chi connectivity index (χ2n) is 6.11. The third kappa shape index (κ3) is 6.15. The van der Waals surface area contributed by atoms with E-state index in [4.69, 9.17) is 10.5 Å². The van der Waals surface area contributed by atoms with Gasteiger partial charge in [-0.1, -0.05) is 66.7 Å². The molecule has 2 aromatic carbocycles. The molecule has 0 spiro atoms. The Morgan fingerprint density at radius 3 is 2.37 bits per heavy atom. The normalized spacial score (nSPS) is 11.2. The summed E-state index contributed by atoms with van der Waals surface area (Å²) in [5.74, 6) is 1.01. The summed E-state index contributed by atoms with van der Waals surface area (Å²) in [6, 6.07) is 24.1. The van der Waals surface area contributed by atoms with E-state index < -0.39 is 0 Å². The zero-order valence-corrected chi connectivity index (χ0v) is 15.2. The van der Waals surface area contributed by atoms with Crippen molar-refractivity contribution in [3.05, 3.63) is 95.7 Å². The van der Waals surface area contributed by atoms with Gasteiger partial charge in [0.15, 0.2) is 5.96 Å². The van der Waals surface area contributed by atoms with E-state index >= 15 is 0 Å². The van der Waals surface area contributed by atoms with Gasteiger partial charge in [-0.3, -0.25) is 0 Å². The molecular formula is C22H24N4O. The van der Waals surface area contributed by atoms with Crippen LogP contribution in [0, 0.1) is 0 Å². The van der Waals surface area contributed by atoms with E-state index in [-0.39, 0.29) is 0 Å². The first kappa shape index (κ1) is 18.5. The topological polar surface area (TPSA) is 72.5 Å². The highest BCUT2D eigenvalue weighted by Gasteiger charge is 2.05. The van der Waals surface area contributed by atoms with Crippen LogP contribution in [0.2, 0.25) is 0 Å². The molecule has 0 saturated carbocycles. The average Bonchev–Trinajstić information content (AvgIpc) is 2.73. The number of hydrogen-bond donors (Lipinski definition) is 2. The molecule has 5 nitrogen and oxygen atoms in total. The maximum absolute atomic E-state index is 5.98. The van der Waals surface area contributed by atoms with Crippen molar-refractivity contribution in [2.24, 2.45) is 10.7 Å². The minimum absolute atomic E-state index is 0.419. The first-order valence-corrected chi connectivity index (χ1v) is 8.99. The van der Waals surface area contributed by atoms with Gasteiger partial charge in [0.2, 0.25) is 5.88 Å². The molecule has 27 heavy (non-hydrogen) atoms. The number of aliphatic imine (C=N–C) groups is 1. The molecule has 0 saturated heterocycles. The lowest BCUT2D eigenvalue weighted by Crippen LogP contribution is -2.33. The van der Waals surface area contributed by atoms with Gasteiger partial charge in [0, 0.05) is 18.3 Å². The van der Waals surface area contributed by atoms with Crippen LogP contribution < -0.4 is 15.8 Å². The minimum Gasteiger partial charge on any atom is -0.473 e. The highest BCUT2D eigenvalue weighted by Crippen LogP contribution is 2.17. The van der Waals surface area contributed by atoms with Gasteiger partial charge in [-0.05, 0) is 23.6 Å². The van der Waals surface area contributed by atoms with E-state index in [1.54, 1.807) is 6.20 Å². The quantitative estimate of drug-likeness (QED) is 0.477. The second-order valence-corrected chi connectivity index (χ2v) is 6.11. The average molecular weight is 360 g/mol. The summed E-state index contributed by atoms with van der Waals surface area (Å²) in [7, 11) is 0. The number of ether oxygens (including phenoxy) is 1. The Hall–Kier alpha value is -3.34. The minimum atomic E-state index is 0.419. The molecule has 0 fully saturated rings. The summed E-state index contributed by atoms with van der Waals surface area (Å²) in [4.78, 5) is 8.73. The maximum atomic E-state index is 5.98. The molecule has 0 atom stereocenters. The van der Waals surface area contributed by atoms with Crippen LogP contribution in [0.4, 0.5) is 0 Å². The molecule has 0 unspecified atom stereocenters. The number of pyridine rings is 1. The molecule has 0 aliphatic heterocycles. The van der Waals surface area contributed by atoms with Crippen molar-refractivity contribution in [3.8, 4) is 5.88 Å². The molecule has 0 bridgehead atoms. The SMILES string of the molecule is NC(=NCc1cccnc1OCc1ccccc1)NCCc1ccccc1. The summed E-state index contributed by atoms with van der Waals surface area (Å²) < 4.78 is 5.85. The zero-order chi connectivity index (χ0) is 18.7. The number of aromatic nitrogens is 1. The van der Waals surface area contributed by atoms with E-state index in [1.807, 2.05) is 60.7 Å². The van der Waals surface area contributed by atoms with Crippen LogP contribution in [0.5, 0.6) is 5.88 Å². The zero-order valence-electron chi connectivity index (χ0n) is 15.2. The van der Waals surface area contributed by atoms with Crippen molar-refractivity contribution >= 4 is 5.96 Å². The van der Waals surface area contributed by atoms with Gasteiger partial charge in [0.05, 0.1) is 6.54 Å². The fourth-order valence-electron chi connectivity index (χ4n) is 2.61. The van der Waals surface area contributed by atoms with Crippen molar-refractivity contribution in [2.45, 2.75) is 19.6 Å². The second kappa shape index (κ2) is 9.97. The predicted octanol–water partition coefficient (Wildman–Crippen LogP) is 3.31. The largest absolute Gasteiger partial charge is 0.473 e. The third-order valence-corrected chi connectivity index (χ3v) is 4.05. The Kier molecular flexibility index (Phi) is 6.81. The number of nitrogens with two attached hydrogens (primary N) is 1. The van der Waals surface area contributed by atoms with Gasteiger partial charge in [0.25, 0.3) is 0 Å². The molecule has 3 aromatic rings. The van der Waals surface area contributed by atoms with E-state index in [2.05, 4.69) is 27.4 Å². The van der Waals surface area contributed by atoms with E-state index in [0.717, 1.165) is 24.1 Å². The molecule has 5 heteroatoms. The summed E-state index contributed by atoms with van der Waals surface area (Å²) in [6.45, 7) is 1.63. The lowest BCUT2D eigenvalue weighted by Gasteiger charge is -2.10. The molecule has 0 radical (unpaired) electrons. The van der Waals surface area contributed by atoms with Gasteiger partial charge in [-0.15, -0.1) is 0 Å². The van der Waals surface area contributed by atoms with Crippen LogP contribution in [-0.2, 0) is 19.6 Å². The fraction of sp³-hybridized carbons (Fsp3) is 0.182. The number of guanidine groups is 1. The summed E-state index contributed by atoms with van der Waals surface area (Å²) >= 11 is 0. The summed E-state index contributed by atoms with van der Waals surface area (Å²) in [6.07, 6.45) is 2.62. The number of hydrogen-bond acceptors (Lipinski definition) is 3. The van der Waals surface area contributed by atoms with Crippen molar-refractivity contribution in [1.82, 2.24) is 10.3 Å². The molecule has 0 amide bonds. The van der Waals surface area contributed by atoms with Crippen molar-refractivity contribution in [2.75, 3.05) is 6.54 Å². The Balaban J connectivity index is 1.51. The van der Waals surface area contributed by atoms with Crippen LogP contribution in [0.15, 0.2) is 84.0 Å². The number of benzene rings is 2. The first-order chi connectivity index (χ1) is 13.3. The van der Waals surface area contributed by atoms with Crippen LogP contribution in [-0.4, -0.2) is 17.5 Å². The van der Waals surface area contributed by atoms with Crippen LogP contribution >= 0.6 is 0 Å². The monoisotopic (exact) mass is 360 g/mol. The van der Waals surface area contributed by atoms with Crippen LogP contribution in [0.25, 0.3) is 0 Å². The van der Waals surface area contributed by atoms with Gasteiger partial charge in [-0.2, -0.15) is 0 Å². The van der Waals surface area contributed by atoms with Crippen LogP contribution in [0.3, 0.4) is 0 Å². The highest BCUT2D eigenvalue weighted by molar-refractivity contribution is 5.77. The molecule has 0 aliphatic rings. The fourth-order valence-corrected chi connectivity index (χ4v) is 2.61. The van der Waals surface area contributed by atoms with Gasteiger partial charge < -0.3 is 15.8 Å². The Labute approximate surface area is 159 Å². The number of nitrogens with one attached hydrogen (secondary N) is 1. The molecule has 0 aliphatic carbocycles. The molecule has 138 valence electrons. The smallest absolute Gasteiger partial charge is 0.218 e. The Bertz CT molecular complexity index is 850. The van der Waals surface area contributed by atoms with E-state index in [0.29, 0.717) is 25.0 Å². The molecule has 1 aromatic heterocycles. The highest BCUT2D eigenvalue weighted by atomic mass is 16.5. The summed E-state index contributed by atoms with van der Waals surface area (Å²) in [5.41, 5.74) is 9.24. The van der Waals surface area contributed by atoms with Crippen molar-refractivity contribution in [1.29, 1.82) is 0 Å². The molecule has 3 N–H and O–H groups in total. The number of nitrogens with zero attached hydrogens (tertiary/aromatic N) is 2. The van der Waals surface area contributed by atoms with Gasteiger partial charge in [0.1, 0.15) is 6.61 Å². The van der Waals surface area contributed by atoms with Crippen LogP contribution in [0.1, 0.15) is 16.7 Å². The Morgan fingerprint density at radius 2 is 1.63 bits per heavy atom. The lowest BCUT2D eigenvalue weighted by molar-refractivity contribution is 0.290. The number of rotatable bonds is 8. The Morgan fingerprint density at radius 1 is 0.926 bits per heavy atom. The van der Waals surface area contributed by atoms with E-state index in [1.165, 1.54) is 5.56 Å². The standard InChI is InChI=1S/C22H24N4O/c23-22(25-15-13-18-8-3-1-4-9-18)26-16-20-12-7-14-24-21(20)27-17-19-10-5-2-6-11-19/h1-12,14H,13,15-17H2,(H3,23,25,26). The molecular weight excluding hydrogens is 336 g/mol. The maximum Gasteiger partial charge on any atom is 0.218 e. The lowest BCUT2D eigenvalue weighted by atomic mass is 10.1. The predicted molar refractivity (Wildman–Crippen MR) is 108 cm³/mol. The van der Waals surface area contributed by atoms with Gasteiger partial charge in [-0.25, -0.2) is 9.98 Å². The van der Waals surface area contributed by atoms with Crippen molar-refractivity contribution in [3.63, 3.8) is 0 Å². The summed E-state index contributed by atoms with van der Waals surface area (Å²) in [5, 5.41) is 3.15. The third-order valence-electron chi connectivity index (χ3n) is 4.05. The molecule has 3 rings (SSSR count).